The first-order valence-electron chi connectivity index (χ1n) is 5.14. The van der Waals surface area contributed by atoms with E-state index in [0.717, 1.165) is 21.1 Å². The van der Waals surface area contributed by atoms with Crippen LogP contribution in [0.15, 0.2) is 34.5 Å². The Labute approximate surface area is 132 Å². The van der Waals surface area contributed by atoms with E-state index < -0.39 is 26.6 Å². The summed E-state index contributed by atoms with van der Waals surface area (Å²) in [7, 11) is -4.03. The lowest BCUT2D eigenvalue weighted by molar-refractivity contribution is 0.102. The smallest absolute Gasteiger partial charge is 0.256 e. The quantitative estimate of drug-likeness (QED) is 0.739. The van der Waals surface area contributed by atoms with Gasteiger partial charge in [0.1, 0.15) is 5.82 Å². The third-order valence-corrected chi connectivity index (χ3v) is 4.97. The number of hydrogen-bond acceptors (Lipinski definition) is 4. The number of hydrogen-bond donors (Lipinski definition) is 2. The third kappa shape index (κ3) is 3.75. The summed E-state index contributed by atoms with van der Waals surface area (Å²) in [5, 5.41) is 9.01. The van der Waals surface area contributed by atoms with Gasteiger partial charge < -0.3 is 5.32 Å². The average Bonchev–Trinajstić information content (AvgIpc) is 2.74. The molecule has 0 aliphatic heterocycles. The van der Waals surface area contributed by atoms with Gasteiger partial charge in [-0.25, -0.2) is 17.9 Å². The Kier molecular flexibility index (Phi) is 4.42. The minimum atomic E-state index is -4.03. The first-order chi connectivity index (χ1) is 9.25. The van der Waals surface area contributed by atoms with Crippen molar-refractivity contribution in [2.75, 3.05) is 5.32 Å². The molecule has 1 heterocycles. The number of carbonyl (C=O) groups excluding carboxylic acids is 1. The maximum Gasteiger partial charge on any atom is 0.256 e. The third-order valence-electron chi connectivity index (χ3n) is 2.29. The van der Waals surface area contributed by atoms with Crippen molar-refractivity contribution in [2.45, 2.75) is 4.90 Å². The van der Waals surface area contributed by atoms with E-state index in [1.54, 1.807) is 11.4 Å². The largest absolute Gasteiger partial charge is 0.322 e. The van der Waals surface area contributed by atoms with Crippen molar-refractivity contribution in [1.29, 1.82) is 0 Å². The zero-order valence-corrected chi connectivity index (χ0v) is 13.6. The molecule has 0 radical (unpaired) electrons. The predicted molar refractivity (Wildman–Crippen MR) is 82.8 cm³/mol. The van der Waals surface area contributed by atoms with Crippen LogP contribution in [0.3, 0.4) is 0 Å². The predicted octanol–water partition coefficient (Wildman–Crippen LogP) is 2.39. The fourth-order valence-electron chi connectivity index (χ4n) is 1.43. The van der Waals surface area contributed by atoms with Gasteiger partial charge in [-0.2, -0.15) is 0 Å². The second-order valence-corrected chi connectivity index (χ2v) is 8.18. The SMILES string of the molecule is NS(=O)(=O)c1cc(F)cc(NC(=O)c2csc(I)c2)c1. The maximum atomic E-state index is 13.3. The Bertz CT molecular complexity index is 774. The second-order valence-electron chi connectivity index (χ2n) is 3.81. The normalized spacial score (nSPS) is 11.3. The van der Waals surface area contributed by atoms with Gasteiger partial charge in [-0.15, -0.1) is 11.3 Å². The maximum absolute atomic E-state index is 13.3. The number of nitrogens with one attached hydrogen (secondary N) is 1. The van der Waals surface area contributed by atoms with Gasteiger partial charge >= 0.3 is 0 Å². The number of halogens is 2. The first kappa shape index (κ1) is 15.4. The van der Waals surface area contributed by atoms with Crippen LogP contribution >= 0.6 is 33.9 Å². The van der Waals surface area contributed by atoms with E-state index in [1.807, 2.05) is 0 Å². The Hall–Kier alpha value is -1.04. The molecule has 0 fully saturated rings. The number of amides is 1. The van der Waals surface area contributed by atoms with Crippen LogP contribution in [0.4, 0.5) is 10.1 Å². The molecule has 0 aliphatic carbocycles. The van der Waals surface area contributed by atoms with Gasteiger partial charge in [0.15, 0.2) is 0 Å². The summed E-state index contributed by atoms with van der Waals surface area (Å²) in [6.45, 7) is 0. The van der Waals surface area contributed by atoms with Crippen LogP contribution < -0.4 is 10.5 Å². The van der Waals surface area contributed by atoms with E-state index in [9.17, 15) is 17.6 Å². The lowest BCUT2D eigenvalue weighted by atomic mass is 10.2. The van der Waals surface area contributed by atoms with Crippen molar-refractivity contribution >= 4 is 55.5 Å². The summed E-state index contributed by atoms with van der Waals surface area (Å²) in [5.74, 6) is -1.25. The van der Waals surface area contributed by atoms with Gasteiger partial charge in [-0.05, 0) is 46.9 Å². The average molecular weight is 426 g/mol. The Morgan fingerprint density at radius 2 is 2.00 bits per heavy atom. The van der Waals surface area contributed by atoms with Crippen molar-refractivity contribution in [2.24, 2.45) is 5.14 Å². The molecule has 5 nitrogen and oxygen atoms in total. The molecular formula is C11H8FIN2O3S2. The van der Waals surface area contributed by atoms with Gasteiger partial charge in [0.25, 0.3) is 5.91 Å². The molecule has 2 rings (SSSR count). The summed E-state index contributed by atoms with van der Waals surface area (Å²) in [4.78, 5) is 11.5. The zero-order chi connectivity index (χ0) is 14.9. The van der Waals surface area contributed by atoms with Crippen LogP contribution in [0, 0.1) is 8.70 Å². The molecule has 0 bridgehead atoms. The van der Waals surface area contributed by atoms with Crippen LogP contribution in [0.2, 0.25) is 0 Å². The lowest BCUT2D eigenvalue weighted by Crippen LogP contribution is -2.15. The fraction of sp³-hybridized carbons (Fsp3) is 0. The number of primary sulfonamides is 1. The molecule has 2 aromatic rings. The van der Waals surface area contributed by atoms with Crippen molar-refractivity contribution in [3.05, 3.63) is 43.9 Å². The molecular weight excluding hydrogens is 418 g/mol. The molecule has 3 N–H and O–H groups in total. The molecule has 0 saturated heterocycles. The van der Waals surface area contributed by atoms with Crippen molar-refractivity contribution in [3.8, 4) is 0 Å². The number of thiophene rings is 1. The van der Waals surface area contributed by atoms with Gasteiger partial charge in [0.2, 0.25) is 10.0 Å². The van der Waals surface area contributed by atoms with Crippen molar-refractivity contribution < 1.29 is 17.6 Å². The molecule has 106 valence electrons. The molecule has 20 heavy (non-hydrogen) atoms. The van der Waals surface area contributed by atoms with Gasteiger partial charge in [0, 0.05) is 11.1 Å². The summed E-state index contributed by atoms with van der Waals surface area (Å²) in [5.41, 5.74) is 0.445. The summed E-state index contributed by atoms with van der Waals surface area (Å²) < 4.78 is 36.7. The first-order valence-corrected chi connectivity index (χ1v) is 8.65. The minimum absolute atomic E-state index is 0.0280. The number of carbonyl (C=O) groups is 1. The molecule has 0 unspecified atom stereocenters. The number of sulfonamides is 1. The Morgan fingerprint density at radius 3 is 2.55 bits per heavy atom. The summed E-state index contributed by atoms with van der Waals surface area (Å²) in [6.07, 6.45) is 0. The van der Waals surface area contributed by atoms with E-state index in [4.69, 9.17) is 5.14 Å². The zero-order valence-electron chi connectivity index (χ0n) is 9.76. The van der Waals surface area contributed by atoms with Crippen molar-refractivity contribution in [1.82, 2.24) is 0 Å². The number of anilines is 1. The van der Waals surface area contributed by atoms with Crippen LogP contribution in [-0.4, -0.2) is 14.3 Å². The second kappa shape index (κ2) is 5.76. The molecule has 0 aliphatic rings. The van der Waals surface area contributed by atoms with E-state index in [-0.39, 0.29) is 5.69 Å². The summed E-state index contributed by atoms with van der Waals surface area (Å²) >= 11 is 3.46. The Morgan fingerprint density at radius 1 is 1.30 bits per heavy atom. The van der Waals surface area contributed by atoms with E-state index in [2.05, 4.69) is 27.9 Å². The van der Waals surface area contributed by atoms with E-state index >= 15 is 0 Å². The van der Waals surface area contributed by atoms with Crippen LogP contribution in [0.1, 0.15) is 10.4 Å². The molecule has 9 heteroatoms. The van der Waals surface area contributed by atoms with Crippen LogP contribution in [0.5, 0.6) is 0 Å². The highest BCUT2D eigenvalue weighted by Crippen LogP contribution is 2.20. The van der Waals surface area contributed by atoms with Gasteiger partial charge in [-0.3, -0.25) is 4.79 Å². The van der Waals surface area contributed by atoms with E-state index in [0.29, 0.717) is 5.56 Å². The molecule has 0 atom stereocenters. The van der Waals surface area contributed by atoms with Crippen LogP contribution in [-0.2, 0) is 10.0 Å². The van der Waals surface area contributed by atoms with Crippen molar-refractivity contribution in [3.63, 3.8) is 0 Å². The minimum Gasteiger partial charge on any atom is -0.322 e. The number of rotatable bonds is 3. The van der Waals surface area contributed by atoms with Gasteiger partial charge in [0.05, 0.1) is 13.3 Å². The fourth-order valence-corrected chi connectivity index (χ4v) is 3.33. The topological polar surface area (TPSA) is 89.3 Å². The highest BCUT2D eigenvalue weighted by Gasteiger charge is 2.13. The lowest BCUT2D eigenvalue weighted by Gasteiger charge is -2.06. The van der Waals surface area contributed by atoms with E-state index in [1.165, 1.54) is 11.3 Å². The molecule has 1 amide bonds. The monoisotopic (exact) mass is 426 g/mol. The molecule has 1 aromatic heterocycles. The summed E-state index contributed by atoms with van der Waals surface area (Å²) in [6, 6.07) is 4.58. The number of benzene rings is 1. The highest BCUT2D eigenvalue weighted by molar-refractivity contribution is 14.1. The molecule has 1 aromatic carbocycles. The Balaban J connectivity index is 2.30. The number of nitrogens with two attached hydrogens (primary N) is 1. The van der Waals surface area contributed by atoms with Crippen LogP contribution in [0.25, 0.3) is 0 Å². The molecule has 0 spiro atoms. The van der Waals surface area contributed by atoms with Gasteiger partial charge in [-0.1, -0.05) is 0 Å². The standard InChI is InChI=1S/C11H8FIN2O3S2/c12-7-2-8(4-9(3-7)20(14,17)18)15-11(16)6-1-10(13)19-5-6/h1-5H,(H,15,16)(H2,14,17,18). The molecule has 0 saturated carbocycles. The highest BCUT2D eigenvalue weighted by atomic mass is 127.